The Kier molecular flexibility index (Phi) is 10.8. The van der Waals surface area contributed by atoms with Crippen molar-refractivity contribution in [3.8, 4) is 11.1 Å². The summed E-state index contributed by atoms with van der Waals surface area (Å²) in [4.78, 5) is 93.1. The van der Waals surface area contributed by atoms with Gasteiger partial charge in [-0.1, -0.05) is 6.07 Å². The first-order valence-electron chi connectivity index (χ1n) is 23.2. The zero-order valence-corrected chi connectivity index (χ0v) is 37.9. The fraction of sp³-hybridized carbons (Fsp3) is 0.340. The Labute approximate surface area is 394 Å². The van der Waals surface area contributed by atoms with Crippen molar-refractivity contribution in [1.29, 1.82) is 0 Å². The number of hydrogen-bond acceptors (Lipinski definition) is 11. The second-order valence-electron chi connectivity index (χ2n) is 18.3. The molecule has 1 unspecified atom stereocenters. The summed E-state index contributed by atoms with van der Waals surface area (Å²) >= 11 is 0. The van der Waals surface area contributed by atoms with Crippen LogP contribution in [0.25, 0.3) is 22.0 Å². The lowest BCUT2D eigenvalue weighted by Gasteiger charge is -2.34. The molecule has 4 aromatic heterocycles. The number of likely N-dealkylation sites (tertiary alicyclic amines) is 1. The molecule has 0 bridgehead atoms. The first-order valence-corrected chi connectivity index (χ1v) is 23.2. The van der Waals surface area contributed by atoms with Crippen molar-refractivity contribution < 1.29 is 37.5 Å². The van der Waals surface area contributed by atoms with Gasteiger partial charge in [0, 0.05) is 105 Å². The standard InChI is InChI=1S/C50H47F2N11O6/c1-27(64)60-20-15-40-36(26-60)46(61-17-4-5-28-21-32(33(45(51)52)22-42(28)61)35-25-58(2)39-12-16-53-24-34(35)39)57-63(40)30-13-18-59(19-14-30)49(68)38-9-8-29(23-54-38)55-37-7-3-6-31-44(37)50(69)62(48(31)67)41-10-11-43(65)56-47(41)66/h3,6-9,12,16,21-25,30,41,45,55H,4-5,10-11,13-15,17-20,26H2,1-2H3,(H,56,65,66). The molecule has 69 heavy (non-hydrogen) atoms. The molecule has 17 nitrogen and oxygen atoms in total. The number of benzene rings is 2. The fourth-order valence-electron chi connectivity index (χ4n) is 10.8. The lowest BCUT2D eigenvalue weighted by Crippen LogP contribution is -2.54. The van der Waals surface area contributed by atoms with Crippen molar-refractivity contribution in [3.63, 3.8) is 0 Å². The molecular formula is C50H47F2N11O6. The molecule has 0 spiro atoms. The van der Waals surface area contributed by atoms with Crippen molar-refractivity contribution >= 4 is 69.2 Å². The van der Waals surface area contributed by atoms with Gasteiger partial charge in [-0.2, -0.15) is 5.10 Å². The van der Waals surface area contributed by atoms with Crippen molar-refractivity contribution in [2.75, 3.05) is 36.4 Å². The highest BCUT2D eigenvalue weighted by atomic mass is 19.3. The SMILES string of the molecule is CC(=O)N1CCc2c(c(N3CCCc4cc(-c5cn(C)c6ccncc56)c(C(F)F)cc43)nn2C2CCN(C(=O)c3ccc(Nc4cccc5c4C(=O)N(C4CCC(=O)NC4=O)C5=O)cn3)CC2)C1. The predicted octanol–water partition coefficient (Wildman–Crippen LogP) is 6.38. The number of anilines is 4. The third kappa shape index (κ3) is 7.46. The van der Waals surface area contributed by atoms with Crippen molar-refractivity contribution in [2.45, 2.75) is 76.9 Å². The normalized spacial score (nSPS) is 18.5. The summed E-state index contributed by atoms with van der Waals surface area (Å²) in [6, 6.07) is 12.3. The van der Waals surface area contributed by atoms with Crippen molar-refractivity contribution in [1.82, 2.24) is 44.3 Å². The molecule has 9 heterocycles. The second-order valence-corrected chi connectivity index (χ2v) is 18.3. The van der Waals surface area contributed by atoms with E-state index >= 15 is 8.78 Å². The highest BCUT2D eigenvalue weighted by molar-refractivity contribution is 6.25. The van der Waals surface area contributed by atoms with Gasteiger partial charge in [0.25, 0.3) is 24.1 Å². The largest absolute Gasteiger partial charge is 0.354 e. The maximum Gasteiger partial charge on any atom is 0.272 e. The molecule has 2 saturated heterocycles. The van der Waals surface area contributed by atoms with Gasteiger partial charge < -0.3 is 24.6 Å². The summed E-state index contributed by atoms with van der Waals surface area (Å²) in [6.45, 7) is 3.86. The number of imide groups is 2. The number of rotatable bonds is 8. The van der Waals surface area contributed by atoms with E-state index < -0.39 is 36.1 Å². The van der Waals surface area contributed by atoms with Crippen LogP contribution in [-0.2, 0) is 40.8 Å². The molecule has 2 N–H and O–H groups in total. The highest BCUT2D eigenvalue weighted by Crippen LogP contribution is 2.45. The van der Waals surface area contributed by atoms with Crippen molar-refractivity contribution in [2.24, 2.45) is 7.05 Å². The zero-order valence-electron chi connectivity index (χ0n) is 37.9. The van der Waals surface area contributed by atoms with Crippen LogP contribution in [-0.4, -0.2) is 107 Å². The van der Waals surface area contributed by atoms with E-state index in [1.807, 2.05) is 29.9 Å². The summed E-state index contributed by atoms with van der Waals surface area (Å²) in [5.41, 5.74) is 6.82. The molecule has 2 fully saturated rings. The number of alkyl halides is 2. The van der Waals surface area contributed by atoms with E-state index in [4.69, 9.17) is 5.10 Å². The lowest BCUT2D eigenvalue weighted by atomic mass is 9.91. The minimum Gasteiger partial charge on any atom is -0.354 e. The van der Waals surface area contributed by atoms with Gasteiger partial charge in [0.2, 0.25) is 17.7 Å². The number of pyridine rings is 2. The third-order valence-electron chi connectivity index (χ3n) is 14.3. The van der Waals surface area contributed by atoms with Gasteiger partial charge in [-0.05, 0) is 85.7 Å². The molecule has 0 aliphatic carbocycles. The van der Waals surface area contributed by atoms with Gasteiger partial charge in [0.1, 0.15) is 11.7 Å². The number of carbonyl (C=O) groups is 6. The topological polar surface area (TPSA) is 188 Å². The number of aromatic nitrogens is 5. The quantitative estimate of drug-likeness (QED) is 0.161. The van der Waals surface area contributed by atoms with Crippen LogP contribution in [0, 0.1) is 0 Å². The first kappa shape index (κ1) is 43.7. The molecule has 352 valence electrons. The highest BCUT2D eigenvalue weighted by Gasteiger charge is 2.46. The molecule has 19 heteroatoms. The van der Waals surface area contributed by atoms with E-state index in [1.54, 1.807) is 59.4 Å². The van der Waals surface area contributed by atoms with Crippen LogP contribution in [0.15, 0.2) is 73.3 Å². The summed E-state index contributed by atoms with van der Waals surface area (Å²) in [5.74, 6) is -2.05. The maximum atomic E-state index is 15.1. The Morgan fingerprint density at radius 2 is 1.70 bits per heavy atom. The van der Waals surface area contributed by atoms with Gasteiger partial charge >= 0.3 is 0 Å². The van der Waals surface area contributed by atoms with Crippen molar-refractivity contribution in [3.05, 3.63) is 113 Å². The molecule has 0 radical (unpaired) electrons. The average molecular weight is 936 g/mol. The zero-order chi connectivity index (χ0) is 47.8. The van der Waals surface area contributed by atoms with E-state index in [-0.39, 0.29) is 53.1 Å². The Morgan fingerprint density at radius 1 is 0.870 bits per heavy atom. The molecule has 5 aliphatic rings. The summed E-state index contributed by atoms with van der Waals surface area (Å²) in [7, 11) is 1.90. The monoisotopic (exact) mass is 935 g/mol. The van der Waals surface area contributed by atoms with Crippen LogP contribution in [0.2, 0.25) is 0 Å². The number of carbonyl (C=O) groups excluding carboxylic acids is 6. The first-order chi connectivity index (χ1) is 33.3. The van der Waals surface area contributed by atoms with E-state index in [9.17, 15) is 28.8 Å². The Balaban J connectivity index is 0.814. The summed E-state index contributed by atoms with van der Waals surface area (Å²) in [5, 5.41) is 11.4. The summed E-state index contributed by atoms with van der Waals surface area (Å²) < 4.78 is 34.3. The number of aryl methyl sites for hydroxylation is 2. The molecular weight excluding hydrogens is 889 g/mol. The molecule has 2 aromatic carbocycles. The second kappa shape index (κ2) is 17.0. The predicted molar refractivity (Wildman–Crippen MR) is 248 cm³/mol. The van der Waals surface area contributed by atoms with Gasteiger partial charge in [-0.25, -0.2) is 13.8 Å². The van der Waals surface area contributed by atoms with Gasteiger partial charge in [0.15, 0.2) is 5.82 Å². The molecule has 6 aromatic rings. The fourth-order valence-corrected chi connectivity index (χ4v) is 10.8. The Bertz CT molecular complexity index is 3160. The van der Waals surface area contributed by atoms with E-state index in [0.717, 1.165) is 39.0 Å². The molecule has 5 aliphatic heterocycles. The minimum absolute atomic E-state index is 0.0111. The third-order valence-corrected chi connectivity index (χ3v) is 14.3. The van der Waals surface area contributed by atoms with Crippen LogP contribution < -0.4 is 15.5 Å². The number of fused-ring (bicyclic) bond motifs is 4. The molecule has 6 amide bonds. The number of piperidine rings is 2. The molecule has 1 atom stereocenters. The smallest absolute Gasteiger partial charge is 0.272 e. The molecule has 11 rings (SSSR count). The van der Waals surface area contributed by atoms with E-state index in [1.165, 1.54) is 12.3 Å². The maximum absolute atomic E-state index is 15.1. The average Bonchev–Trinajstić information content (AvgIpc) is 3.99. The number of nitrogens with one attached hydrogen (secondary N) is 2. The minimum atomic E-state index is -2.74. The van der Waals surface area contributed by atoms with E-state index in [2.05, 4.69) is 30.2 Å². The lowest BCUT2D eigenvalue weighted by molar-refractivity contribution is -0.136. The van der Waals surface area contributed by atoms with Crippen LogP contribution >= 0.6 is 0 Å². The van der Waals surface area contributed by atoms with Crippen LogP contribution in [0.4, 0.5) is 31.7 Å². The number of nitrogens with zero attached hydrogens (tertiary/aromatic N) is 9. The number of hydrogen-bond donors (Lipinski definition) is 2. The number of halogens is 2. The van der Waals surface area contributed by atoms with Crippen LogP contribution in [0.1, 0.15) is 105 Å². The Hall–Kier alpha value is -7.83. The van der Waals surface area contributed by atoms with E-state index in [0.29, 0.717) is 92.4 Å². The van der Waals surface area contributed by atoms with Gasteiger partial charge in [-0.15, -0.1) is 0 Å². The van der Waals surface area contributed by atoms with Gasteiger partial charge in [0.05, 0.1) is 46.8 Å². The molecule has 0 saturated carbocycles. The number of amides is 6. The summed E-state index contributed by atoms with van der Waals surface area (Å²) in [6.07, 6.45) is 7.36. The van der Waals surface area contributed by atoms with Crippen LogP contribution in [0.3, 0.4) is 0 Å². The Morgan fingerprint density at radius 3 is 2.45 bits per heavy atom. The van der Waals surface area contributed by atoms with Crippen LogP contribution in [0.5, 0.6) is 0 Å². The van der Waals surface area contributed by atoms with Gasteiger partial charge in [-0.3, -0.25) is 48.6 Å².